The molecule has 190 valence electrons. The van der Waals surface area contributed by atoms with Gasteiger partial charge in [0.15, 0.2) is 18.1 Å². The average Bonchev–Trinajstić information content (AvgIpc) is 3.60. The predicted molar refractivity (Wildman–Crippen MR) is 112 cm³/mol. The Kier molecular flexibility index (Phi) is 4.62. The van der Waals surface area contributed by atoms with Gasteiger partial charge in [-0.25, -0.2) is 8.78 Å². The van der Waals surface area contributed by atoms with Crippen LogP contribution >= 0.6 is 0 Å². The summed E-state index contributed by atoms with van der Waals surface area (Å²) in [4.78, 5) is 13.8. The quantitative estimate of drug-likeness (QED) is 0.524. The third-order valence-electron chi connectivity index (χ3n) is 10.8. The van der Waals surface area contributed by atoms with Gasteiger partial charge in [-0.05, 0) is 30.1 Å². The van der Waals surface area contributed by atoms with Gasteiger partial charge < -0.3 is 28.4 Å². The van der Waals surface area contributed by atoms with Crippen LogP contribution < -0.4 is 0 Å². The van der Waals surface area contributed by atoms with Gasteiger partial charge in [-0.15, -0.1) is 0 Å². The van der Waals surface area contributed by atoms with Gasteiger partial charge in [-0.3, -0.25) is 4.79 Å². The molecule has 7 fully saturated rings. The lowest BCUT2D eigenvalue weighted by Crippen LogP contribution is -2.74. The van der Waals surface area contributed by atoms with E-state index in [1.165, 1.54) is 0 Å². The first kappa shape index (κ1) is 22.5. The molecule has 7 rings (SSSR count). The molecule has 4 aliphatic carbocycles. The Bertz CT molecular complexity index is 880. The molecular weight excluding hydrogens is 450 g/mol. The normalized spacial score (nSPS) is 52.3. The fourth-order valence-corrected chi connectivity index (χ4v) is 9.48. The molecule has 3 aliphatic heterocycles. The highest BCUT2D eigenvalue weighted by molar-refractivity contribution is 5.83. The first-order valence-electron chi connectivity index (χ1n) is 12.9. The zero-order valence-electron chi connectivity index (χ0n) is 19.9. The molecule has 0 aromatic carbocycles. The van der Waals surface area contributed by atoms with Gasteiger partial charge in [0.1, 0.15) is 5.78 Å². The van der Waals surface area contributed by atoms with Crippen molar-refractivity contribution in [2.45, 2.75) is 75.7 Å². The number of ether oxygens (including phenoxy) is 6. The van der Waals surface area contributed by atoms with Crippen LogP contribution in [0.5, 0.6) is 0 Å². The maximum Gasteiger partial charge on any atom is 0.208 e. The van der Waals surface area contributed by atoms with E-state index in [-0.39, 0.29) is 62.8 Å². The number of halogens is 2. The number of hydrogen-bond acceptors (Lipinski definition) is 7. The van der Waals surface area contributed by atoms with Crippen molar-refractivity contribution in [1.82, 2.24) is 0 Å². The zero-order valence-corrected chi connectivity index (χ0v) is 19.9. The van der Waals surface area contributed by atoms with E-state index in [0.29, 0.717) is 32.5 Å². The molecule has 8 atom stereocenters. The predicted octanol–water partition coefficient (Wildman–Crippen LogP) is 2.94. The minimum Gasteiger partial charge on any atom is -0.348 e. The number of ketones is 1. The highest BCUT2D eigenvalue weighted by atomic mass is 19.1. The third kappa shape index (κ3) is 2.40. The largest absolute Gasteiger partial charge is 0.348 e. The van der Waals surface area contributed by atoms with E-state index in [9.17, 15) is 4.79 Å². The van der Waals surface area contributed by atoms with Gasteiger partial charge in [0.25, 0.3) is 0 Å². The van der Waals surface area contributed by atoms with Crippen LogP contribution in [0.4, 0.5) is 8.78 Å². The Morgan fingerprint density at radius 2 is 1.47 bits per heavy atom. The van der Waals surface area contributed by atoms with Crippen molar-refractivity contribution in [2.24, 2.45) is 34.5 Å². The minimum atomic E-state index is -1.67. The molecule has 34 heavy (non-hydrogen) atoms. The van der Waals surface area contributed by atoms with Gasteiger partial charge >= 0.3 is 0 Å². The second kappa shape index (κ2) is 6.98. The smallest absolute Gasteiger partial charge is 0.208 e. The summed E-state index contributed by atoms with van der Waals surface area (Å²) in [6, 6.07) is 0. The van der Waals surface area contributed by atoms with Gasteiger partial charge in [0, 0.05) is 31.1 Å². The number of hydrogen-bond donors (Lipinski definition) is 0. The fraction of sp³-hybridized carbons (Fsp3) is 0.960. The molecule has 4 saturated carbocycles. The summed E-state index contributed by atoms with van der Waals surface area (Å²) in [6.45, 7) is 5.82. The molecule has 9 heteroatoms. The van der Waals surface area contributed by atoms with Crippen LogP contribution in [0.25, 0.3) is 0 Å². The van der Waals surface area contributed by atoms with Gasteiger partial charge in [0.2, 0.25) is 11.6 Å². The average molecular weight is 485 g/mol. The zero-order chi connectivity index (χ0) is 23.6. The molecule has 7 nitrogen and oxygen atoms in total. The van der Waals surface area contributed by atoms with E-state index in [4.69, 9.17) is 28.4 Å². The van der Waals surface area contributed by atoms with Crippen LogP contribution in [0, 0.1) is 34.5 Å². The molecule has 0 N–H and O–H groups in total. The highest BCUT2D eigenvalue weighted by Gasteiger charge is 2.83. The molecule has 3 saturated heterocycles. The highest BCUT2D eigenvalue weighted by Crippen LogP contribution is 2.74. The van der Waals surface area contributed by atoms with Crippen LogP contribution in [0.2, 0.25) is 0 Å². The summed E-state index contributed by atoms with van der Waals surface area (Å²) in [7, 11) is 0. The molecule has 0 aromatic rings. The second-order valence-electron chi connectivity index (χ2n) is 11.9. The standard InChI is InChI=1S/C25H34F2O7/c1-21-3-4-23(29-5-6-30-23)13-16(21)17(28)11-14-15-12-18(26)25(33-9-10-34-25)22(15,2)20(27)24(19(14)21)31-7-8-32-24/h14-16,18-20H,3-13H2,1-2H3/t14?,15?,16-,18-,19?,20?,21+,22-/m1/s1. The van der Waals surface area contributed by atoms with Crippen molar-refractivity contribution in [3.8, 4) is 0 Å². The fourth-order valence-electron chi connectivity index (χ4n) is 9.48. The third-order valence-corrected chi connectivity index (χ3v) is 10.8. The molecule has 3 spiro atoms. The Hall–Kier alpha value is -0.710. The number of carbonyl (C=O) groups is 1. The Labute approximate surface area is 198 Å². The van der Waals surface area contributed by atoms with Crippen LogP contribution in [-0.4, -0.2) is 75.1 Å². The van der Waals surface area contributed by atoms with Gasteiger partial charge in [-0.2, -0.15) is 0 Å². The van der Waals surface area contributed by atoms with Gasteiger partial charge in [0.05, 0.1) is 45.1 Å². The summed E-state index contributed by atoms with van der Waals surface area (Å²) < 4.78 is 69.1. The molecule has 0 amide bonds. The second-order valence-corrected chi connectivity index (χ2v) is 11.9. The number of carbonyl (C=O) groups excluding carboxylic acids is 1. The summed E-state index contributed by atoms with van der Waals surface area (Å²) in [5.41, 5.74) is -1.90. The lowest BCUT2D eigenvalue weighted by atomic mass is 9.42. The van der Waals surface area contributed by atoms with Crippen molar-refractivity contribution in [1.29, 1.82) is 0 Å². The molecule has 0 radical (unpaired) electrons. The summed E-state index contributed by atoms with van der Waals surface area (Å²) in [5, 5.41) is 0. The molecule has 7 aliphatic rings. The van der Waals surface area contributed by atoms with Crippen molar-refractivity contribution < 1.29 is 42.0 Å². The molecule has 0 aromatic heterocycles. The van der Waals surface area contributed by atoms with Crippen LogP contribution in [0.1, 0.15) is 46.0 Å². The van der Waals surface area contributed by atoms with E-state index in [1.807, 2.05) is 0 Å². The lowest BCUT2D eigenvalue weighted by Gasteiger charge is -2.66. The van der Waals surface area contributed by atoms with E-state index >= 15 is 8.78 Å². The number of fused-ring (bicyclic) bond motifs is 7. The van der Waals surface area contributed by atoms with Crippen LogP contribution in [0.15, 0.2) is 0 Å². The first-order chi connectivity index (χ1) is 16.2. The number of Topliss-reactive ketones (excluding diaryl/α,β-unsaturated/α-hetero) is 1. The Balaban J connectivity index is 1.36. The van der Waals surface area contributed by atoms with E-state index < -0.39 is 46.5 Å². The molecular formula is C25H34F2O7. The molecule has 0 bridgehead atoms. The van der Waals surface area contributed by atoms with Crippen molar-refractivity contribution in [3.05, 3.63) is 0 Å². The Morgan fingerprint density at radius 1 is 0.853 bits per heavy atom. The van der Waals surface area contributed by atoms with E-state index in [1.54, 1.807) is 6.92 Å². The minimum absolute atomic E-state index is 0.109. The molecule has 3 heterocycles. The summed E-state index contributed by atoms with van der Waals surface area (Å²) in [6.07, 6.45) is -1.06. The van der Waals surface area contributed by atoms with Crippen molar-refractivity contribution in [2.75, 3.05) is 39.6 Å². The van der Waals surface area contributed by atoms with E-state index in [0.717, 1.165) is 0 Å². The van der Waals surface area contributed by atoms with Gasteiger partial charge in [-0.1, -0.05) is 13.8 Å². The van der Waals surface area contributed by atoms with E-state index in [2.05, 4.69) is 6.92 Å². The first-order valence-corrected chi connectivity index (χ1v) is 12.9. The Morgan fingerprint density at radius 3 is 2.15 bits per heavy atom. The maximum atomic E-state index is 17.1. The summed E-state index contributed by atoms with van der Waals surface area (Å²) >= 11 is 0. The van der Waals surface area contributed by atoms with Crippen molar-refractivity contribution in [3.63, 3.8) is 0 Å². The van der Waals surface area contributed by atoms with Crippen LogP contribution in [0.3, 0.4) is 0 Å². The maximum absolute atomic E-state index is 17.1. The van der Waals surface area contributed by atoms with Crippen molar-refractivity contribution >= 4 is 5.78 Å². The van der Waals surface area contributed by atoms with Crippen LogP contribution in [-0.2, 0) is 33.2 Å². The number of alkyl halides is 2. The summed E-state index contributed by atoms with van der Waals surface area (Å²) in [5.74, 6) is -5.28. The molecule has 4 unspecified atom stereocenters. The monoisotopic (exact) mass is 484 g/mol. The lowest BCUT2D eigenvalue weighted by molar-refractivity contribution is -0.372. The number of rotatable bonds is 0. The SMILES string of the molecule is C[C@]12C(C[C@@H](F)C13OCCO3)C1CC(=O)[C@H]3CC4(CC[C@]3(C)C1C1(OCCO1)C2F)OCCO4. The topological polar surface area (TPSA) is 72.5 Å².